The van der Waals surface area contributed by atoms with Crippen LogP contribution < -0.4 is 11.1 Å². The summed E-state index contributed by atoms with van der Waals surface area (Å²) in [7, 11) is 0. The van der Waals surface area contributed by atoms with E-state index in [0.717, 1.165) is 19.6 Å². The van der Waals surface area contributed by atoms with Crippen molar-refractivity contribution in [3.8, 4) is 0 Å². The predicted molar refractivity (Wildman–Crippen MR) is 43.1 cm³/mol. The number of amides is 1. The van der Waals surface area contributed by atoms with E-state index in [1.807, 2.05) is 6.92 Å². The number of carbonyl (C=O) groups is 1. The molecule has 0 radical (unpaired) electrons. The summed E-state index contributed by atoms with van der Waals surface area (Å²) in [5.74, 6) is 0.115. The van der Waals surface area contributed by atoms with Crippen molar-refractivity contribution >= 4 is 5.91 Å². The Morgan fingerprint density at radius 1 is 1.82 bits per heavy atom. The van der Waals surface area contributed by atoms with Gasteiger partial charge in [0.05, 0.1) is 6.04 Å². The highest BCUT2D eigenvalue weighted by Crippen LogP contribution is 2.01. The summed E-state index contributed by atoms with van der Waals surface area (Å²) in [6.07, 6.45) is 0. The molecule has 0 aliphatic carbocycles. The summed E-state index contributed by atoms with van der Waals surface area (Å²) in [6, 6.07) is -0.00713. The Bertz CT molecular complexity index is 147. The topological polar surface area (TPSA) is 58.4 Å². The number of carbonyl (C=O) groups excluding carboxylic acids is 1. The van der Waals surface area contributed by atoms with Gasteiger partial charge in [0.25, 0.3) is 0 Å². The van der Waals surface area contributed by atoms with Crippen LogP contribution in [-0.2, 0) is 4.79 Å². The molecule has 0 saturated carbocycles. The second-order valence-corrected chi connectivity index (χ2v) is 2.79. The maximum atomic E-state index is 11.1. The van der Waals surface area contributed by atoms with Crippen molar-refractivity contribution in [3.63, 3.8) is 0 Å². The highest BCUT2D eigenvalue weighted by molar-refractivity contribution is 5.81. The summed E-state index contributed by atoms with van der Waals surface area (Å²) in [5.41, 5.74) is 5.39. The maximum absolute atomic E-state index is 11.1. The van der Waals surface area contributed by atoms with Crippen LogP contribution in [0.25, 0.3) is 0 Å². The molecular weight excluding hydrogens is 142 g/mol. The number of piperazine rings is 1. The lowest BCUT2D eigenvalue weighted by Gasteiger charge is -2.32. The van der Waals surface area contributed by atoms with Crippen molar-refractivity contribution in [2.45, 2.75) is 13.0 Å². The number of hydrogen-bond donors (Lipinski definition) is 2. The molecule has 0 aromatic heterocycles. The second-order valence-electron chi connectivity index (χ2n) is 2.79. The molecule has 11 heavy (non-hydrogen) atoms. The molecule has 1 heterocycles. The molecule has 1 saturated heterocycles. The number of hydrogen-bond acceptors (Lipinski definition) is 3. The summed E-state index contributed by atoms with van der Waals surface area (Å²) >= 11 is 0. The Morgan fingerprint density at radius 3 is 3.18 bits per heavy atom. The molecular formula is C7H15N3O. The molecule has 0 bridgehead atoms. The fourth-order valence-electron chi connectivity index (χ4n) is 1.30. The fraction of sp³-hybridized carbons (Fsp3) is 0.857. The van der Waals surface area contributed by atoms with E-state index in [1.54, 1.807) is 0 Å². The van der Waals surface area contributed by atoms with Crippen LogP contribution in [0.3, 0.4) is 0 Å². The normalized spacial score (nSPS) is 26.7. The summed E-state index contributed by atoms with van der Waals surface area (Å²) < 4.78 is 0. The van der Waals surface area contributed by atoms with E-state index in [1.165, 1.54) is 0 Å². The third kappa shape index (κ3) is 1.91. The van der Waals surface area contributed by atoms with E-state index in [9.17, 15) is 4.79 Å². The molecule has 1 aliphatic rings. The summed E-state index contributed by atoms with van der Waals surface area (Å²) in [4.78, 5) is 13.2. The van der Waals surface area contributed by atoms with Crippen molar-refractivity contribution in [3.05, 3.63) is 0 Å². The molecule has 1 fully saturated rings. The van der Waals surface area contributed by atoms with Gasteiger partial charge in [-0.15, -0.1) is 0 Å². The second kappa shape index (κ2) is 3.69. The van der Waals surface area contributed by atoms with Gasteiger partial charge in [-0.1, -0.05) is 0 Å². The zero-order chi connectivity index (χ0) is 8.27. The Labute approximate surface area is 66.7 Å². The largest absolute Gasteiger partial charge is 0.353 e. The van der Waals surface area contributed by atoms with Crippen LogP contribution in [0.4, 0.5) is 0 Å². The van der Waals surface area contributed by atoms with Crippen LogP contribution in [-0.4, -0.2) is 43.0 Å². The maximum Gasteiger partial charge on any atom is 0.237 e. The van der Waals surface area contributed by atoms with E-state index >= 15 is 0 Å². The molecule has 4 nitrogen and oxygen atoms in total. The predicted octanol–water partition coefficient (Wildman–Crippen LogP) is -1.23. The zero-order valence-corrected chi connectivity index (χ0v) is 6.84. The van der Waals surface area contributed by atoms with E-state index in [0.29, 0.717) is 6.54 Å². The standard InChI is InChI=1S/C7H15N3O/c1-6-7(11)9-3-5-10(6)4-2-8/h6H,2-5,8H2,1H3,(H,9,11)/t6-/m0/s1. The molecule has 0 spiro atoms. The first kappa shape index (κ1) is 8.49. The molecule has 1 aliphatic heterocycles. The Kier molecular flexibility index (Phi) is 2.84. The smallest absolute Gasteiger partial charge is 0.237 e. The van der Waals surface area contributed by atoms with E-state index < -0.39 is 0 Å². The SMILES string of the molecule is C[C@H]1C(=O)NCCN1CCN. The summed E-state index contributed by atoms with van der Waals surface area (Å²) in [6.45, 7) is 5.02. The van der Waals surface area contributed by atoms with Crippen LogP contribution in [0.2, 0.25) is 0 Å². The van der Waals surface area contributed by atoms with Crippen molar-refractivity contribution in [2.75, 3.05) is 26.2 Å². The highest BCUT2D eigenvalue weighted by atomic mass is 16.2. The van der Waals surface area contributed by atoms with Crippen LogP contribution in [0.5, 0.6) is 0 Å². The first-order valence-corrected chi connectivity index (χ1v) is 3.97. The number of nitrogens with zero attached hydrogens (tertiary/aromatic N) is 1. The van der Waals surface area contributed by atoms with Gasteiger partial charge >= 0.3 is 0 Å². The van der Waals surface area contributed by atoms with Gasteiger partial charge in [0, 0.05) is 26.2 Å². The van der Waals surface area contributed by atoms with Crippen molar-refractivity contribution in [1.82, 2.24) is 10.2 Å². The number of nitrogens with two attached hydrogens (primary N) is 1. The van der Waals surface area contributed by atoms with Gasteiger partial charge in [0.1, 0.15) is 0 Å². The molecule has 4 heteroatoms. The van der Waals surface area contributed by atoms with Gasteiger partial charge < -0.3 is 11.1 Å². The quantitative estimate of drug-likeness (QED) is 0.527. The third-order valence-corrected chi connectivity index (χ3v) is 2.04. The molecule has 1 rings (SSSR count). The van der Waals surface area contributed by atoms with Crippen LogP contribution in [0, 0.1) is 0 Å². The number of rotatable bonds is 2. The van der Waals surface area contributed by atoms with Crippen molar-refractivity contribution in [1.29, 1.82) is 0 Å². The van der Waals surface area contributed by atoms with Crippen molar-refractivity contribution < 1.29 is 4.79 Å². The number of nitrogens with one attached hydrogen (secondary N) is 1. The van der Waals surface area contributed by atoms with Gasteiger partial charge in [-0.25, -0.2) is 0 Å². The molecule has 3 N–H and O–H groups in total. The molecule has 0 aromatic carbocycles. The Hall–Kier alpha value is -0.610. The van der Waals surface area contributed by atoms with Gasteiger partial charge in [0.15, 0.2) is 0 Å². The monoisotopic (exact) mass is 157 g/mol. The van der Waals surface area contributed by atoms with Gasteiger partial charge in [-0.2, -0.15) is 0 Å². The van der Waals surface area contributed by atoms with Gasteiger partial charge in [-0.05, 0) is 6.92 Å². The first-order chi connectivity index (χ1) is 5.25. The highest BCUT2D eigenvalue weighted by Gasteiger charge is 2.23. The molecule has 1 atom stereocenters. The first-order valence-electron chi connectivity index (χ1n) is 3.97. The van der Waals surface area contributed by atoms with E-state index in [2.05, 4.69) is 10.2 Å². The third-order valence-electron chi connectivity index (χ3n) is 2.04. The minimum Gasteiger partial charge on any atom is -0.353 e. The van der Waals surface area contributed by atoms with E-state index in [4.69, 9.17) is 5.73 Å². The Balaban J connectivity index is 2.44. The summed E-state index contributed by atoms with van der Waals surface area (Å²) in [5, 5.41) is 2.80. The van der Waals surface area contributed by atoms with Gasteiger partial charge in [0.2, 0.25) is 5.91 Å². The average molecular weight is 157 g/mol. The molecule has 0 unspecified atom stereocenters. The lowest BCUT2D eigenvalue weighted by molar-refractivity contribution is -0.128. The minimum absolute atomic E-state index is 0.00713. The van der Waals surface area contributed by atoms with Crippen LogP contribution in [0.15, 0.2) is 0 Å². The molecule has 0 aromatic rings. The molecule has 64 valence electrons. The molecule has 1 amide bonds. The lowest BCUT2D eigenvalue weighted by atomic mass is 10.2. The van der Waals surface area contributed by atoms with Crippen LogP contribution >= 0.6 is 0 Å². The lowest BCUT2D eigenvalue weighted by Crippen LogP contribution is -2.54. The minimum atomic E-state index is -0.00713. The van der Waals surface area contributed by atoms with Crippen LogP contribution in [0.1, 0.15) is 6.92 Å². The van der Waals surface area contributed by atoms with Crippen molar-refractivity contribution in [2.24, 2.45) is 5.73 Å². The van der Waals surface area contributed by atoms with Gasteiger partial charge in [-0.3, -0.25) is 9.69 Å². The zero-order valence-electron chi connectivity index (χ0n) is 6.84. The Morgan fingerprint density at radius 2 is 2.55 bits per heavy atom. The fourth-order valence-corrected chi connectivity index (χ4v) is 1.30. The average Bonchev–Trinajstić information content (AvgIpc) is 1.99. The van der Waals surface area contributed by atoms with E-state index in [-0.39, 0.29) is 11.9 Å².